The van der Waals surface area contributed by atoms with Crippen molar-refractivity contribution in [3.05, 3.63) is 17.0 Å². The Balaban J connectivity index is 2.02. The summed E-state index contributed by atoms with van der Waals surface area (Å²) in [5.74, 6) is -1.33. The second-order valence-electron chi connectivity index (χ2n) is 5.99. The first-order chi connectivity index (χ1) is 9.81. The number of carbonyl (C=O) groups is 2. The van der Waals surface area contributed by atoms with Crippen molar-refractivity contribution in [2.75, 3.05) is 13.1 Å². The van der Waals surface area contributed by atoms with E-state index in [-0.39, 0.29) is 11.8 Å². The first kappa shape index (κ1) is 15.5. The van der Waals surface area contributed by atoms with Crippen molar-refractivity contribution in [1.82, 2.24) is 14.7 Å². The topological polar surface area (TPSA) is 75.4 Å². The molecule has 0 saturated carbocycles. The van der Waals surface area contributed by atoms with Crippen LogP contribution in [0, 0.1) is 25.7 Å². The van der Waals surface area contributed by atoms with Gasteiger partial charge >= 0.3 is 5.97 Å². The molecule has 1 amide bonds. The monoisotopic (exact) mass is 293 g/mol. The number of carbonyl (C=O) groups excluding carboxylic acids is 1. The molecule has 1 aliphatic rings. The number of amides is 1. The van der Waals surface area contributed by atoms with E-state index in [9.17, 15) is 9.59 Å². The summed E-state index contributed by atoms with van der Waals surface area (Å²) < 4.78 is 1.83. The summed E-state index contributed by atoms with van der Waals surface area (Å²) in [5.41, 5.74) is 3.16. The van der Waals surface area contributed by atoms with Gasteiger partial charge in [0, 0.05) is 31.7 Å². The van der Waals surface area contributed by atoms with Crippen molar-refractivity contribution >= 4 is 11.9 Å². The number of aliphatic carboxylic acids is 1. The van der Waals surface area contributed by atoms with Crippen LogP contribution in [-0.4, -0.2) is 44.8 Å². The third-order valence-electron chi connectivity index (χ3n) is 4.44. The first-order valence-corrected chi connectivity index (χ1v) is 7.32. The van der Waals surface area contributed by atoms with Gasteiger partial charge < -0.3 is 10.0 Å². The van der Waals surface area contributed by atoms with Crippen LogP contribution in [0.2, 0.25) is 0 Å². The Bertz CT molecular complexity index is 565. The first-order valence-electron chi connectivity index (χ1n) is 7.32. The maximum absolute atomic E-state index is 12.5. The second-order valence-corrected chi connectivity index (χ2v) is 5.99. The lowest BCUT2D eigenvalue weighted by molar-refractivity contribution is -0.141. The van der Waals surface area contributed by atoms with Gasteiger partial charge in [-0.3, -0.25) is 14.3 Å². The van der Waals surface area contributed by atoms with E-state index < -0.39 is 11.9 Å². The number of rotatable bonds is 4. The van der Waals surface area contributed by atoms with E-state index in [1.165, 1.54) is 0 Å². The van der Waals surface area contributed by atoms with Gasteiger partial charge in [0.25, 0.3) is 0 Å². The lowest BCUT2D eigenvalue weighted by Gasteiger charge is -2.20. The fraction of sp³-hybridized carbons (Fsp3) is 0.667. The molecule has 1 aromatic rings. The average Bonchev–Trinajstić information content (AvgIpc) is 2.99. The van der Waals surface area contributed by atoms with Gasteiger partial charge in [0.1, 0.15) is 0 Å². The van der Waals surface area contributed by atoms with Crippen LogP contribution in [0.5, 0.6) is 0 Å². The molecule has 21 heavy (non-hydrogen) atoms. The molecular weight excluding hydrogens is 270 g/mol. The van der Waals surface area contributed by atoms with Crippen molar-refractivity contribution in [1.29, 1.82) is 0 Å². The molecule has 6 nitrogen and oxygen atoms in total. The summed E-state index contributed by atoms with van der Waals surface area (Å²) in [7, 11) is 1.90. The Morgan fingerprint density at radius 1 is 1.43 bits per heavy atom. The zero-order valence-electron chi connectivity index (χ0n) is 13.1. The average molecular weight is 293 g/mol. The van der Waals surface area contributed by atoms with Gasteiger partial charge in [0.15, 0.2) is 0 Å². The molecule has 2 atom stereocenters. The summed E-state index contributed by atoms with van der Waals surface area (Å²) in [6.07, 6.45) is 1.21. The molecule has 0 radical (unpaired) electrons. The van der Waals surface area contributed by atoms with Crippen molar-refractivity contribution in [2.24, 2.45) is 18.9 Å². The Labute approximate surface area is 124 Å². The molecule has 0 spiro atoms. The van der Waals surface area contributed by atoms with Crippen LogP contribution in [0.4, 0.5) is 0 Å². The van der Waals surface area contributed by atoms with Crippen LogP contribution in [0.15, 0.2) is 0 Å². The molecule has 1 aliphatic heterocycles. The van der Waals surface area contributed by atoms with E-state index in [2.05, 4.69) is 5.10 Å². The molecule has 0 bridgehead atoms. The highest BCUT2D eigenvalue weighted by Gasteiger charge is 2.33. The number of carboxylic acids is 1. The number of hydrogen-bond acceptors (Lipinski definition) is 3. The van der Waals surface area contributed by atoms with Crippen LogP contribution >= 0.6 is 0 Å². The molecule has 1 fully saturated rings. The molecule has 1 N–H and O–H groups in total. The van der Waals surface area contributed by atoms with Crippen LogP contribution < -0.4 is 0 Å². The van der Waals surface area contributed by atoms with E-state index in [0.717, 1.165) is 17.0 Å². The van der Waals surface area contributed by atoms with Crippen molar-refractivity contribution in [3.63, 3.8) is 0 Å². The quantitative estimate of drug-likeness (QED) is 0.903. The summed E-state index contributed by atoms with van der Waals surface area (Å²) in [6, 6.07) is 0. The smallest absolute Gasteiger partial charge is 0.308 e. The molecule has 6 heteroatoms. The molecule has 0 unspecified atom stereocenters. The fourth-order valence-electron chi connectivity index (χ4n) is 2.98. The Hall–Kier alpha value is -1.85. The predicted octanol–water partition coefficient (Wildman–Crippen LogP) is 1.15. The molecule has 0 aromatic carbocycles. The van der Waals surface area contributed by atoms with E-state index in [1.54, 1.807) is 4.90 Å². The number of carboxylic acid groups (broad SMARTS) is 1. The SMILES string of the molecule is Cc1nn(C)c(C)c1C[C@@H](C)C(=O)N1CC[C@@H](C(=O)O)C1. The van der Waals surface area contributed by atoms with E-state index in [0.29, 0.717) is 25.9 Å². The van der Waals surface area contributed by atoms with Crippen LogP contribution in [-0.2, 0) is 23.1 Å². The van der Waals surface area contributed by atoms with Gasteiger partial charge in [0.05, 0.1) is 11.6 Å². The Kier molecular flexibility index (Phi) is 4.34. The minimum absolute atomic E-state index is 0.0430. The normalized spacial score (nSPS) is 19.8. The Morgan fingerprint density at radius 3 is 2.57 bits per heavy atom. The number of aryl methyl sites for hydroxylation is 2. The van der Waals surface area contributed by atoms with E-state index in [1.807, 2.05) is 32.5 Å². The summed E-state index contributed by atoms with van der Waals surface area (Å²) in [4.78, 5) is 25.1. The van der Waals surface area contributed by atoms with E-state index >= 15 is 0 Å². The second kappa shape index (κ2) is 5.87. The van der Waals surface area contributed by atoms with Crippen LogP contribution in [0.3, 0.4) is 0 Å². The van der Waals surface area contributed by atoms with Crippen molar-refractivity contribution in [3.8, 4) is 0 Å². The lowest BCUT2D eigenvalue weighted by Crippen LogP contribution is -2.35. The Morgan fingerprint density at radius 2 is 2.10 bits per heavy atom. The highest BCUT2D eigenvalue weighted by Crippen LogP contribution is 2.22. The predicted molar refractivity (Wildman–Crippen MR) is 77.9 cm³/mol. The zero-order valence-corrected chi connectivity index (χ0v) is 13.1. The van der Waals surface area contributed by atoms with Gasteiger partial charge in [-0.25, -0.2) is 0 Å². The number of nitrogens with zero attached hydrogens (tertiary/aromatic N) is 3. The van der Waals surface area contributed by atoms with Crippen LogP contribution in [0.25, 0.3) is 0 Å². The third-order valence-corrected chi connectivity index (χ3v) is 4.44. The molecular formula is C15H23N3O3. The molecule has 116 valence electrons. The standard InChI is InChI=1S/C15H23N3O3/c1-9(7-13-10(2)16-17(4)11(13)3)14(19)18-6-5-12(8-18)15(20)21/h9,12H,5-8H2,1-4H3,(H,20,21)/t9-,12-/m1/s1. The molecule has 1 saturated heterocycles. The highest BCUT2D eigenvalue weighted by atomic mass is 16.4. The number of aromatic nitrogens is 2. The fourth-order valence-corrected chi connectivity index (χ4v) is 2.98. The molecule has 2 rings (SSSR count). The number of hydrogen-bond donors (Lipinski definition) is 1. The largest absolute Gasteiger partial charge is 0.481 e. The van der Waals surface area contributed by atoms with Gasteiger partial charge in [-0.2, -0.15) is 5.10 Å². The molecule has 1 aromatic heterocycles. The molecule has 2 heterocycles. The minimum Gasteiger partial charge on any atom is -0.481 e. The summed E-state index contributed by atoms with van der Waals surface area (Å²) >= 11 is 0. The van der Waals surface area contributed by atoms with E-state index in [4.69, 9.17) is 5.11 Å². The highest BCUT2D eigenvalue weighted by molar-refractivity contribution is 5.80. The van der Waals surface area contributed by atoms with Gasteiger partial charge in [-0.15, -0.1) is 0 Å². The van der Waals surface area contributed by atoms with Gasteiger partial charge in [-0.1, -0.05) is 6.92 Å². The maximum atomic E-state index is 12.5. The van der Waals surface area contributed by atoms with Crippen molar-refractivity contribution < 1.29 is 14.7 Å². The minimum atomic E-state index is -0.808. The van der Waals surface area contributed by atoms with Gasteiger partial charge in [0.2, 0.25) is 5.91 Å². The third kappa shape index (κ3) is 3.09. The van der Waals surface area contributed by atoms with Crippen molar-refractivity contribution in [2.45, 2.75) is 33.6 Å². The summed E-state index contributed by atoms with van der Waals surface area (Å²) in [6.45, 7) is 6.75. The lowest BCUT2D eigenvalue weighted by atomic mass is 9.98. The van der Waals surface area contributed by atoms with Gasteiger partial charge in [-0.05, 0) is 32.3 Å². The molecule has 0 aliphatic carbocycles. The number of likely N-dealkylation sites (tertiary alicyclic amines) is 1. The zero-order chi connectivity index (χ0) is 15.7. The summed E-state index contributed by atoms with van der Waals surface area (Å²) in [5, 5.41) is 13.4. The maximum Gasteiger partial charge on any atom is 0.308 e. The van der Waals surface area contributed by atoms with Crippen LogP contribution in [0.1, 0.15) is 30.3 Å².